The van der Waals surface area contributed by atoms with Crippen LogP contribution < -0.4 is 0 Å². The van der Waals surface area contributed by atoms with Crippen molar-refractivity contribution in [1.82, 2.24) is 4.90 Å². The molecule has 0 aromatic heterocycles. The first-order chi connectivity index (χ1) is 8.33. The van der Waals surface area contributed by atoms with Crippen molar-refractivity contribution in [3.63, 3.8) is 0 Å². The maximum absolute atomic E-state index is 12.4. The van der Waals surface area contributed by atoms with Crippen LogP contribution in [0.4, 0.5) is 0 Å². The van der Waals surface area contributed by atoms with Crippen LogP contribution in [0.5, 0.6) is 0 Å². The summed E-state index contributed by atoms with van der Waals surface area (Å²) in [7, 11) is 0. The van der Waals surface area contributed by atoms with Crippen molar-refractivity contribution in [3.05, 3.63) is 35.9 Å². The number of hydrogen-bond acceptors (Lipinski definition) is 1. The molecule has 1 atom stereocenters. The lowest BCUT2D eigenvalue weighted by atomic mass is 9.95. The molecule has 2 nitrogen and oxygen atoms in total. The summed E-state index contributed by atoms with van der Waals surface area (Å²) < 4.78 is 0. The van der Waals surface area contributed by atoms with E-state index >= 15 is 0 Å². The second-order valence-corrected chi connectivity index (χ2v) is 4.85. The molecule has 0 aliphatic carbocycles. The summed E-state index contributed by atoms with van der Waals surface area (Å²) >= 11 is 5.83. The molecule has 1 amide bonds. The Morgan fingerprint density at radius 1 is 1.24 bits per heavy atom. The van der Waals surface area contributed by atoms with Crippen LogP contribution in [0.15, 0.2) is 30.3 Å². The number of carbonyl (C=O) groups excluding carboxylic acids is 1. The van der Waals surface area contributed by atoms with Gasteiger partial charge in [-0.3, -0.25) is 4.79 Å². The minimum absolute atomic E-state index is 0.0631. The number of benzene rings is 1. The number of carbonyl (C=O) groups is 1. The molecule has 1 aromatic rings. The van der Waals surface area contributed by atoms with E-state index in [2.05, 4.69) is 0 Å². The molecule has 0 spiro atoms. The van der Waals surface area contributed by atoms with Crippen LogP contribution in [0.25, 0.3) is 0 Å². The highest BCUT2D eigenvalue weighted by molar-refractivity contribution is 6.18. The highest BCUT2D eigenvalue weighted by atomic mass is 35.5. The minimum Gasteiger partial charge on any atom is -0.342 e. The predicted octanol–water partition coefficient (Wildman–Crippen LogP) is 3.02. The summed E-state index contributed by atoms with van der Waals surface area (Å²) in [5, 5.41) is 0. The summed E-state index contributed by atoms with van der Waals surface area (Å²) in [5.41, 5.74) is 1.09. The average Bonchev–Trinajstić information content (AvgIpc) is 2.90. The summed E-state index contributed by atoms with van der Waals surface area (Å²) in [6, 6.07) is 9.97. The lowest BCUT2D eigenvalue weighted by Crippen LogP contribution is -2.32. The quantitative estimate of drug-likeness (QED) is 0.754. The zero-order chi connectivity index (χ0) is 12.1. The van der Waals surface area contributed by atoms with Crippen LogP contribution in [-0.4, -0.2) is 29.8 Å². The van der Waals surface area contributed by atoms with Gasteiger partial charge in [0.2, 0.25) is 5.91 Å². The minimum atomic E-state index is -0.0631. The molecular weight excluding hydrogens is 234 g/mol. The smallest absolute Gasteiger partial charge is 0.230 e. The van der Waals surface area contributed by atoms with Crippen LogP contribution in [0.2, 0.25) is 0 Å². The van der Waals surface area contributed by atoms with E-state index in [0.717, 1.165) is 37.9 Å². The van der Waals surface area contributed by atoms with Gasteiger partial charge in [-0.1, -0.05) is 30.3 Å². The number of amides is 1. The number of likely N-dealkylation sites (tertiary alicyclic amines) is 1. The molecular formula is C14H18ClNO. The van der Waals surface area contributed by atoms with Gasteiger partial charge in [0, 0.05) is 19.0 Å². The predicted molar refractivity (Wildman–Crippen MR) is 70.3 cm³/mol. The molecule has 17 heavy (non-hydrogen) atoms. The SMILES string of the molecule is O=C(C(CCCl)c1ccccc1)N1CCCC1. The van der Waals surface area contributed by atoms with Crippen molar-refractivity contribution in [2.24, 2.45) is 0 Å². The van der Waals surface area contributed by atoms with Gasteiger partial charge < -0.3 is 4.90 Å². The first kappa shape index (κ1) is 12.4. The third kappa shape index (κ3) is 3.01. The van der Waals surface area contributed by atoms with Crippen LogP contribution in [0.1, 0.15) is 30.7 Å². The van der Waals surface area contributed by atoms with E-state index in [1.807, 2.05) is 35.2 Å². The van der Waals surface area contributed by atoms with E-state index in [1.54, 1.807) is 0 Å². The van der Waals surface area contributed by atoms with E-state index in [0.29, 0.717) is 5.88 Å². The van der Waals surface area contributed by atoms with Crippen molar-refractivity contribution in [2.75, 3.05) is 19.0 Å². The Bertz CT molecular complexity index is 360. The molecule has 1 aliphatic rings. The molecule has 0 N–H and O–H groups in total. The fraction of sp³-hybridized carbons (Fsp3) is 0.500. The maximum atomic E-state index is 12.4. The van der Waals surface area contributed by atoms with Gasteiger partial charge in [0.05, 0.1) is 5.92 Å². The van der Waals surface area contributed by atoms with E-state index in [1.165, 1.54) is 0 Å². The van der Waals surface area contributed by atoms with Crippen LogP contribution in [0, 0.1) is 0 Å². The fourth-order valence-corrected chi connectivity index (χ4v) is 2.60. The average molecular weight is 252 g/mol. The highest BCUT2D eigenvalue weighted by Gasteiger charge is 2.26. The monoisotopic (exact) mass is 251 g/mol. The van der Waals surface area contributed by atoms with E-state index < -0.39 is 0 Å². The zero-order valence-corrected chi connectivity index (χ0v) is 10.7. The van der Waals surface area contributed by atoms with Gasteiger partial charge in [0.15, 0.2) is 0 Å². The molecule has 0 radical (unpaired) electrons. The lowest BCUT2D eigenvalue weighted by Gasteiger charge is -2.22. The van der Waals surface area contributed by atoms with Gasteiger partial charge in [-0.05, 0) is 24.8 Å². The second kappa shape index (κ2) is 6.06. The Balaban J connectivity index is 2.13. The molecule has 1 aromatic carbocycles. The summed E-state index contributed by atoms with van der Waals surface area (Å²) in [4.78, 5) is 14.4. The fourth-order valence-electron chi connectivity index (χ4n) is 2.39. The lowest BCUT2D eigenvalue weighted by molar-refractivity contribution is -0.131. The Labute approximate surface area is 108 Å². The van der Waals surface area contributed by atoms with Crippen molar-refractivity contribution < 1.29 is 4.79 Å². The van der Waals surface area contributed by atoms with Gasteiger partial charge in [0.25, 0.3) is 0 Å². The van der Waals surface area contributed by atoms with Gasteiger partial charge in [-0.25, -0.2) is 0 Å². The van der Waals surface area contributed by atoms with Gasteiger partial charge in [-0.15, -0.1) is 11.6 Å². The highest BCUT2D eigenvalue weighted by Crippen LogP contribution is 2.24. The van der Waals surface area contributed by atoms with Crippen molar-refractivity contribution >= 4 is 17.5 Å². The number of alkyl halides is 1. The summed E-state index contributed by atoms with van der Waals surface area (Å²) in [6.45, 7) is 1.81. The standard InChI is InChI=1S/C14H18ClNO/c15-9-8-13(12-6-2-1-3-7-12)14(17)16-10-4-5-11-16/h1-3,6-7,13H,4-5,8-11H2. The molecule has 92 valence electrons. The molecule has 0 bridgehead atoms. The first-order valence-electron chi connectivity index (χ1n) is 6.22. The zero-order valence-electron chi connectivity index (χ0n) is 9.94. The number of nitrogens with zero attached hydrogens (tertiary/aromatic N) is 1. The third-order valence-electron chi connectivity index (χ3n) is 3.32. The van der Waals surface area contributed by atoms with Crippen LogP contribution >= 0.6 is 11.6 Å². The normalized spacial score (nSPS) is 17.1. The largest absolute Gasteiger partial charge is 0.342 e. The van der Waals surface area contributed by atoms with Crippen molar-refractivity contribution in [1.29, 1.82) is 0 Å². The third-order valence-corrected chi connectivity index (χ3v) is 3.53. The second-order valence-electron chi connectivity index (χ2n) is 4.47. The van der Waals surface area contributed by atoms with Gasteiger partial charge >= 0.3 is 0 Å². The number of hydrogen-bond donors (Lipinski definition) is 0. The van der Waals surface area contributed by atoms with E-state index in [-0.39, 0.29) is 11.8 Å². The maximum Gasteiger partial charge on any atom is 0.230 e. The van der Waals surface area contributed by atoms with Gasteiger partial charge in [-0.2, -0.15) is 0 Å². The van der Waals surface area contributed by atoms with E-state index in [4.69, 9.17) is 11.6 Å². The molecule has 1 heterocycles. The Morgan fingerprint density at radius 2 is 1.88 bits per heavy atom. The number of rotatable bonds is 4. The summed E-state index contributed by atoms with van der Waals surface area (Å²) in [6.07, 6.45) is 2.99. The van der Waals surface area contributed by atoms with E-state index in [9.17, 15) is 4.79 Å². The number of halogens is 1. The first-order valence-corrected chi connectivity index (χ1v) is 6.76. The van der Waals surface area contributed by atoms with Crippen molar-refractivity contribution in [3.8, 4) is 0 Å². The van der Waals surface area contributed by atoms with Crippen molar-refractivity contribution in [2.45, 2.75) is 25.2 Å². The van der Waals surface area contributed by atoms with Crippen LogP contribution in [0.3, 0.4) is 0 Å². The molecule has 1 saturated heterocycles. The molecule has 3 heteroatoms. The van der Waals surface area contributed by atoms with Crippen LogP contribution in [-0.2, 0) is 4.79 Å². The topological polar surface area (TPSA) is 20.3 Å². The molecule has 1 fully saturated rings. The molecule has 1 aliphatic heterocycles. The Morgan fingerprint density at radius 3 is 2.47 bits per heavy atom. The molecule has 1 unspecified atom stereocenters. The Hall–Kier alpha value is -1.02. The molecule has 2 rings (SSSR count). The molecule has 0 saturated carbocycles. The summed E-state index contributed by atoms with van der Waals surface area (Å²) in [5.74, 6) is 0.709. The van der Waals surface area contributed by atoms with Gasteiger partial charge in [0.1, 0.15) is 0 Å². The Kier molecular flexibility index (Phi) is 4.43.